The van der Waals surface area contributed by atoms with E-state index in [1.54, 1.807) is 29.2 Å². The van der Waals surface area contributed by atoms with Crippen LogP contribution in [-0.2, 0) is 16.0 Å². The molecule has 0 spiro atoms. The second-order valence-corrected chi connectivity index (χ2v) is 14.8. The van der Waals surface area contributed by atoms with Gasteiger partial charge in [0.05, 0.1) is 5.56 Å². The number of rotatable bonds is 10. The highest BCUT2D eigenvalue weighted by atomic mass is 16.6. The average molecular weight is 633 g/mol. The lowest BCUT2D eigenvalue weighted by molar-refractivity contribution is 0.00499. The highest BCUT2D eigenvalue weighted by Crippen LogP contribution is 2.45. The number of ether oxygens (including phenoxy) is 2. The Kier molecular flexibility index (Phi) is 11.2. The van der Waals surface area contributed by atoms with Crippen molar-refractivity contribution in [3.63, 3.8) is 0 Å². The van der Waals surface area contributed by atoms with Gasteiger partial charge in [-0.25, -0.2) is 14.4 Å². The summed E-state index contributed by atoms with van der Waals surface area (Å²) in [5.74, 6) is -0.363. The van der Waals surface area contributed by atoms with Crippen molar-refractivity contribution in [3.8, 4) is 0 Å². The fraction of sp³-hybridized carbons (Fsp3) is 0.553. The van der Waals surface area contributed by atoms with Gasteiger partial charge in [0.1, 0.15) is 11.2 Å². The maximum absolute atomic E-state index is 13.6. The number of carboxylic acid groups (broad SMARTS) is 1. The van der Waals surface area contributed by atoms with Crippen LogP contribution in [0.5, 0.6) is 0 Å². The molecule has 0 aliphatic heterocycles. The van der Waals surface area contributed by atoms with E-state index in [4.69, 9.17) is 9.47 Å². The first-order valence-electron chi connectivity index (χ1n) is 16.7. The van der Waals surface area contributed by atoms with Gasteiger partial charge in [-0.15, -0.1) is 0 Å². The topological polar surface area (TPSA) is 96.4 Å². The molecule has 2 aliphatic rings. The highest BCUT2D eigenvalue weighted by Gasteiger charge is 2.47. The van der Waals surface area contributed by atoms with Crippen LogP contribution in [0.25, 0.3) is 6.08 Å². The lowest BCUT2D eigenvalue weighted by atomic mass is 9.84. The van der Waals surface area contributed by atoms with Gasteiger partial charge in [0.25, 0.3) is 0 Å². The summed E-state index contributed by atoms with van der Waals surface area (Å²) in [6.07, 6.45) is 6.85. The molecule has 2 aliphatic carbocycles. The Bertz CT molecular complexity index is 1360. The summed E-state index contributed by atoms with van der Waals surface area (Å²) >= 11 is 0. The minimum atomic E-state index is -0.982. The molecule has 0 bridgehead atoms. The first kappa shape index (κ1) is 35.1. The Morgan fingerprint density at radius 2 is 1.39 bits per heavy atom. The molecule has 2 aromatic rings. The molecule has 0 saturated heterocycles. The average Bonchev–Trinajstić information content (AvgIpc) is 3.77. The van der Waals surface area contributed by atoms with Gasteiger partial charge in [-0.2, -0.15) is 0 Å². The Morgan fingerprint density at radius 3 is 1.91 bits per heavy atom. The van der Waals surface area contributed by atoms with Crippen LogP contribution >= 0.6 is 0 Å². The first-order chi connectivity index (χ1) is 21.6. The summed E-state index contributed by atoms with van der Waals surface area (Å²) in [4.78, 5) is 42.1. The van der Waals surface area contributed by atoms with Gasteiger partial charge in [-0.05, 0) is 109 Å². The second-order valence-electron chi connectivity index (χ2n) is 14.8. The molecule has 250 valence electrons. The molecule has 46 heavy (non-hydrogen) atoms. The number of benzene rings is 2. The number of carboxylic acids is 1. The largest absolute Gasteiger partial charge is 0.478 e. The van der Waals surface area contributed by atoms with Gasteiger partial charge in [-0.1, -0.05) is 61.0 Å². The molecule has 2 fully saturated rings. The normalized spacial score (nSPS) is 21.7. The SMILES string of the molecule is CC/C(=C\c1ccccc1)C1CC1N(CC1CCC(N(Cc2ccc(C(=O)O)cc2)C(=O)OC(C)(C)C)CC1)C(=O)OC(C)(C)C. The monoisotopic (exact) mass is 632 g/mol. The van der Waals surface area contributed by atoms with E-state index < -0.39 is 17.2 Å². The lowest BCUT2D eigenvalue weighted by Crippen LogP contribution is -2.46. The van der Waals surface area contributed by atoms with Gasteiger partial charge < -0.3 is 24.4 Å². The van der Waals surface area contributed by atoms with Crippen LogP contribution in [0.3, 0.4) is 0 Å². The molecular weight excluding hydrogens is 580 g/mol. The third kappa shape index (κ3) is 10.1. The Labute approximate surface area is 274 Å². The van der Waals surface area contributed by atoms with Gasteiger partial charge >= 0.3 is 18.2 Å². The van der Waals surface area contributed by atoms with E-state index in [1.165, 1.54) is 11.1 Å². The van der Waals surface area contributed by atoms with Gasteiger partial charge in [0, 0.05) is 31.1 Å². The molecule has 1 N–H and O–H groups in total. The number of hydrogen-bond donors (Lipinski definition) is 1. The van der Waals surface area contributed by atoms with E-state index in [1.807, 2.05) is 64.6 Å². The third-order valence-electron chi connectivity index (χ3n) is 8.71. The van der Waals surface area contributed by atoms with Crippen LogP contribution in [0.15, 0.2) is 60.2 Å². The third-order valence-corrected chi connectivity index (χ3v) is 8.71. The summed E-state index contributed by atoms with van der Waals surface area (Å²) in [5.41, 5.74) is 2.38. The van der Waals surface area contributed by atoms with Crippen LogP contribution in [-0.4, -0.2) is 62.9 Å². The number of hydrogen-bond acceptors (Lipinski definition) is 5. The molecule has 0 radical (unpaired) electrons. The number of aromatic carboxylic acids is 1. The predicted octanol–water partition coefficient (Wildman–Crippen LogP) is 8.80. The Hall–Kier alpha value is -3.81. The van der Waals surface area contributed by atoms with Crippen LogP contribution in [0, 0.1) is 11.8 Å². The summed E-state index contributed by atoms with van der Waals surface area (Å²) < 4.78 is 11.7. The number of nitrogens with zero attached hydrogens (tertiary/aromatic N) is 2. The molecule has 2 aromatic carbocycles. The summed E-state index contributed by atoms with van der Waals surface area (Å²) in [7, 11) is 0. The lowest BCUT2D eigenvalue weighted by Gasteiger charge is -2.39. The van der Waals surface area contributed by atoms with Gasteiger partial charge in [0.15, 0.2) is 0 Å². The Morgan fingerprint density at radius 1 is 0.826 bits per heavy atom. The summed E-state index contributed by atoms with van der Waals surface area (Å²) in [6.45, 7) is 14.5. The van der Waals surface area contributed by atoms with E-state index in [0.717, 1.165) is 44.1 Å². The highest BCUT2D eigenvalue weighted by molar-refractivity contribution is 5.87. The van der Waals surface area contributed by atoms with Gasteiger partial charge in [0.2, 0.25) is 0 Å². The minimum absolute atomic E-state index is 0.0191. The summed E-state index contributed by atoms with van der Waals surface area (Å²) in [5, 5.41) is 9.29. The zero-order valence-corrected chi connectivity index (χ0v) is 28.6. The molecule has 2 atom stereocenters. The predicted molar refractivity (Wildman–Crippen MR) is 180 cm³/mol. The van der Waals surface area contributed by atoms with E-state index in [9.17, 15) is 19.5 Å². The van der Waals surface area contributed by atoms with Crippen molar-refractivity contribution >= 4 is 24.2 Å². The molecule has 0 aromatic heterocycles. The maximum Gasteiger partial charge on any atom is 0.410 e. The van der Waals surface area contributed by atoms with E-state index in [2.05, 4.69) is 25.1 Å². The number of amides is 2. The fourth-order valence-electron chi connectivity index (χ4n) is 6.36. The quantitative estimate of drug-likeness (QED) is 0.281. The molecular formula is C38H52N2O6. The standard InChI is InChI=1S/C38H52N2O6/c1-8-29(22-26-12-10-9-11-13-26)32-23-33(32)40(36(44)46-38(5,6)7)25-28-16-20-31(21-17-28)39(35(43)45-37(2,3)4)24-27-14-18-30(19-15-27)34(41)42/h9-15,18-19,22,28,31-33H,8,16-17,20-21,23-25H2,1-7H3,(H,41,42)/b29-22+. The smallest absolute Gasteiger partial charge is 0.410 e. The van der Waals surface area contributed by atoms with E-state index in [0.29, 0.717) is 24.9 Å². The zero-order valence-electron chi connectivity index (χ0n) is 28.6. The zero-order chi connectivity index (χ0) is 33.6. The number of carbonyl (C=O) groups is 3. The van der Waals surface area contributed by atoms with Crippen molar-refractivity contribution < 1.29 is 29.0 Å². The van der Waals surface area contributed by atoms with Crippen molar-refractivity contribution in [2.24, 2.45) is 11.8 Å². The van der Waals surface area contributed by atoms with Crippen molar-refractivity contribution in [2.45, 2.75) is 117 Å². The van der Waals surface area contributed by atoms with Crippen molar-refractivity contribution in [1.29, 1.82) is 0 Å². The maximum atomic E-state index is 13.6. The molecule has 4 rings (SSSR count). The van der Waals surface area contributed by atoms with E-state index >= 15 is 0 Å². The van der Waals surface area contributed by atoms with Crippen molar-refractivity contribution in [3.05, 3.63) is 76.9 Å². The van der Waals surface area contributed by atoms with Crippen LogP contribution in [0.4, 0.5) is 9.59 Å². The van der Waals surface area contributed by atoms with Crippen LogP contribution < -0.4 is 0 Å². The molecule has 2 saturated carbocycles. The number of carbonyl (C=O) groups excluding carboxylic acids is 2. The summed E-state index contributed by atoms with van der Waals surface area (Å²) in [6, 6.07) is 17.1. The van der Waals surface area contributed by atoms with Crippen molar-refractivity contribution in [1.82, 2.24) is 9.80 Å². The van der Waals surface area contributed by atoms with Crippen molar-refractivity contribution in [2.75, 3.05) is 6.54 Å². The first-order valence-corrected chi connectivity index (χ1v) is 16.7. The minimum Gasteiger partial charge on any atom is -0.478 e. The van der Waals surface area contributed by atoms with Gasteiger partial charge in [-0.3, -0.25) is 0 Å². The molecule has 2 unspecified atom stereocenters. The fourth-order valence-corrected chi connectivity index (χ4v) is 6.36. The second kappa shape index (κ2) is 14.7. The Balaban J connectivity index is 1.46. The van der Waals surface area contributed by atoms with Crippen LogP contribution in [0.2, 0.25) is 0 Å². The molecule has 8 heteroatoms. The molecule has 2 amide bonds. The van der Waals surface area contributed by atoms with E-state index in [-0.39, 0.29) is 29.8 Å². The molecule has 8 nitrogen and oxygen atoms in total. The molecule has 0 heterocycles. The van der Waals surface area contributed by atoms with Crippen LogP contribution in [0.1, 0.15) is 108 Å².